The minimum absolute atomic E-state index is 0.148. The number of nitrogens with two attached hydrogens (primary N) is 1. The zero-order chi connectivity index (χ0) is 13.9. The molecule has 1 atom stereocenters. The summed E-state index contributed by atoms with van der Waals surface area (Å²) in [7, 11) is 1.78. The average Bonchev–Trinajstić information content (AvgIpc) is 2.74. The molecule has 1 aromatic heterocycles. The molecule has 100 valence electrons. The molecule has 0 fully saturated rings. The zero-order valence-corrected chi connectivity index (χ0v) is 10.9. The number of aromatic nitrogens is 3. The molecule has 0 radical (unpaired) electrons. The summed E-state index contributed by atoms with van der Waals surface area (Å²) in [5.74, 6) is 0.122. The molecule has 8 heteroatoms. The Kier molecular flexibility index (Phi) is 3.89. The van der Waals surface area contributed by atoms with E-state index in [-0.39, 0.29) is 17.8 Å². The van der Waals surface area contributed by atoms with Gasteiger partial charge in [0.1, 0.15) is 11.7 Å². The number of oxime groups is 1. The van der Waals surface area contributed by atoms with Gasteiger partial charge in [-0.1, -0.05) is 5.16 Å². The maximum absolute atomic E-state index is 12.0. The lowest BCUT2D eigenvalue weighted by molar-refractivity contribution is -0.127. The second-order valence-electron chi connectivity index (χ2n) is 4.61. The fourth-order valence-corrected chi connectivity index (χ4v) is 1.37. The molecule has 1 rings (SSSR count). The van der Waals surface area contributed by atoms with Crippen molar-refractivity contribution in [2.45, 2.75) is 26.8 Å². The summed E-state index contributed by atoms with van der Waals surface area (Å²) in [5.41, 5.74) is 4.39. The number of aryl methyl sites for hydroxylation is 1. The van der Waals surface area contributed by atoms with E-state index in [1.807, 2.05) is 0 Å². The summed E-state index contributed by atoms with van der Waals surface area (Å²) in [5, 5.41) is 21.9. The Morgan fingerprint density at radius 2 is 2.28 bits per heavy atom. The van der Waals surface area contributed by atoms with Gasteiger partial charge in [0.25, 0.3) is 0 Å². The number of carbonyl (C=O) groups excluding carboxylic acids is 1. The van der Waals surface area contributed by atoms with E-state index in [9.17, 15) is 4.79 Å². The second kappa shape index (κ2) is 5.03. The van der Waals surface area contributed by atoms with E-state index in [1.165, 1.54) is 0 Å². The number of rotatable bonds is 4. The molecule has 0 aliphatic rings. The van der Waals surface area contributed by atoms with Crippen LogP contribution in [0.3, 0.4) is 0 Å². The molecular weight excluding hydrogens is 236 g/mol. The van der Waals surface area contributed by atoms with Crippen molar-refractivity contribution in [2.24, 2.45) is 23.4 Å². The molecule has 0 spiro atoms. The number of nitrogens with zero attached hydrogens (tertiary/aromatic N) is 4. The first-order valence-electron chi connectivity index (χ1n) is 5.43. The van der Waals surface area contributed by atoms with Crippen molar-refractivity contribution in [3.63, 3.8) is 0 Å². The van der Waals surface area contributed by atoms with Gasteiger partial charge in [-0.05, 0) is 20.8 Å². The van der Waals surface area contributed by atoms with Crippen molar-refractivity contribution in [1.29, 1.82) is 0 Å². The van der Waals surface area contributed by atoms with Crippen molar-refractivity contribution >= 4 is 11.7 Å². The third-order valence-corrected chi connectivity index (χ3v) is 2.80. The van der Waals surface area contributed by atoms with Crippen LogP contribution in [0.25, 0.3) is 0 Å². The minimum atomic E-state index is -1.10. The number of amides is 1. The van der Waals surface area contributed by atoms with Crippen molar-refractivity contribution in [3.8, 4) is 0 Å². The van der Waals surface area contributed by atoms with Gasteiger partial charge in [0.05, 0.1) is 6.04 Å². The minimum Gasteiger partial charge on any atom is -0.409 e. The third kappa shape index (κ3) is 2.58. The van der Waals surface area contributed by atoms with Crippen molar-refractivity contribution in [1.82, 2.24) is 20.1 Å². The van der Waals surface area contributed by atoms with Crippen LogP contribution in [-0.2, 0) is 11.8 Å². The largest absolute Gasteiger partial charge is 0.409 e. The average molecular weight is 254 g/mol. The Bertz CT molecular complexity index is 465. The van der Waals surface area contributed by atoms with Gasteiger partial charge in [-0.3, -0.25) is 4.79 Å². The molecule has 0 aliphatic carbocycles. The van der Waals surface area contributed by atoms with Crippen LogP contribution in [0.5, 0.6) is 0 Å². The zero-order valence-electron chi connectivity index (χ0n) is 10.9. The summed E-state index contributed by atoms with van der Waals surface area (Å²) in [6, 6.07) is -0.323. The number of hydrogen-bond acceptors (Lipinski definition) is 5. The molecular formula is C10H18N6O2. The van der Waals surface area contributed by atoms with Gasteiger partial charge in [0.2, 0.25) is 5.91 Å². The van der Waals surface area contributed by atoms with Gasteiger partial charge >= 0.3 is 0 Å². The Labute approximate surface area is 105 Å². The monoisotopic (exact) mass is 254 g/mol. The van der Waals surface area contributed by atoms with E-state index in [2.05, 4.69) is 20.7 Å². The van der Waals surface area contributed by atoms with E-state index < -0.39 is 5.41 Å². The lowest BCUT2D eigenvalue weighted by Crippen LogP contribution is -2.46. The highest BCUT2D eigenvalue weighted by molar-refractivity contribution is 6.05. The molecule has 0 aromatic carbocycles. The normalized spacial score (nSPS) is 14.3. The molecule has 1 aromatic rings. The van der Waals surface area contributed by atoms with Crippen LogP contribution in [0.15, 0.2) is 11.5 Å². The van der Waals surface area contributed by atoms with Gasteiger partial charge in [0.15, 0.2) is 11.7 Å². The quantitative estimate of drug-likeness (QED) is 0.297. The molecule has 18 heavy (non-hydrogen) atoms. The fraction of sp³-hybridized carbons (Fsp3) is 0.600. The van der Waals surface area contributed by atoms with Crippen molar-refractivity contribution < 1.29 is 10.0 Å². The first-order chi connectivity index (χ1) is 8.30. The number of nitrogens with one attached hydrogen (secondary N) is 1. The predicted molar refractivity (Wildman–Crippen MR) is 64.8 cm³/mol. The highest BCUT2D eigenvalue weighted by Gasteiger charge is 2.34. The molecule has 0 saturated heterocycles. The van der Waals surface area contributed by atoms with Crippen LogP contribution in [0.1, 0.15) is 32.6 Å². The van der Waals surface area contributed by atoms with Crippen LogP contribution in [0, 0.1) is 5.41 Å². The van der Waals surface area contributed by atoms with Gasteiger partial charge in [-0.25, -0.2) is 0 Å². The smallest absolute Gasteiger partial charge is 0.233 e. The number of amidine groups is 1. The van der Waals surface area contributed by atoms with E-state index in [4.69, 9.17) is 10.9 Å². The maximum atomic E-state index is 12.0. The van der Waals surface area contributed by atoms with E-state index in [0.29, 0.717) is 5.82 Å². The molecule has 0 saturated carbocycles. The SMILES string of the molecule is CC(NC(=O)C(C)(C)C(N)=NO)c1nncn1C. The van der Waals surface area contributed by atoms with Crippen LogP contribution >= 0.6 is 0 Å². The van der Waals surface area contributed by atoms with Crippen molar-refractivity contribution in [2.75, 3.05) is 0 Å². The van der Waals surface area contributed by atoms with Gasteiger partial charge in [-0.15, -0.1) is 10.2 Å². The molecule has 0 bridgehead atoms. The van der Waals surface area contributed by atoms with Crippen LogP contribution < -0.4 is 11.1 Å². The van der Waals surface area contributed by atoms with Crippen LogP contribution in [0.2, 0.25) is 0 Å². The second-order valence-corrected chi connectivity index (χ2v) is 4.61. The van der Waals surface area contributed by atoms with E-state index >= 15 is 0 Å². The number of carbonyl (C=O) groups is 1. The van der Waals surface area contributed by atoms with Crippen LogP contribution in [-0.4, -0.2) is 31.7 Å². The summed E-state index contributed by atoms with van der Waals surface area (Å²) in [4.78, 5) is 12.0. The lowest BCUT2D eigenvalue weighted by atomic mass is 9.90. The summed E-state index contributed by atoms with van der Waals surface area (Å²) >= 11 is 0. The highest BCUT2D eigenvalue weighted by Crippen LogP contribution is 2.18. The van der Waals surface area contributed by atoms with E-state index in [0.717, 1.165) is 0 Å². The topological polar surface area (TPSA) is 118 Å². The van der Waals surface area contributed by atoms with E-state index in [1.54, 1.807) is 38.7 Å². The first-order valence-corrected chi connectivity index (χ1v) is 5.43. The van der Waals surface area contributed by atoms with Gasteiger partial charge in [-0.2, -0.15) is 0 Å². The van der Waals surface area contributed by atoms with Gasteiger partial charge < -0.3 is 20.8 Å². The predicted octanol–water partition coefficient (Wildman–Crippen LogP) is -0.235. The Morgan fingerprint density at radius 1 is 1.67 bits per heavy atom. The molecule has 1 amide bonds. The molecule has 1 unspecified atom stereocenters. The molecule has 0 aliphatic heterocycles. The van der Waals surface area contributed by atoms with Gasteiger partial charge in [0, 0.05) is 7.05 Å². The Hall–Kier alpha value is -2.12. The summed E-state index contributed by atoms with van der Waals surface area (Å²) in [6.45, 7) is 4.92. The maximum Gasteiger partial charge on any atom is 0.233 e. The number of hydrogen-bond donors (Lipinski definition) is 3. The molecule has 4 N–H and O–H groups in total. The highest BCUT2D eigenvalue weighted by atomic mass is 16.4. The molecule has 1 heterocycles. The molecule has 8 nitrogen and oxygen atoms in total. The fourth-order valence-electron chi connectivity index (χ4n) is 1.37. The van der Waals surface area contributed by atoms with Crippen LogP contribution in [0.4, 0.5) is 0 Å². The third-order valence-electron chi connectivity index (χ3n) is 2.80. The Balaban J connectivity index is 2.80. The lowest BCUT2D eigenvalue weighted by Gasteiger charge is -2.24. The first kappa shape index (κ1) is 13.9. The Morgan fingerprint density at radius 3 is 2.72 bits per heavy atom. The standard InChI is InChI=1S/C10H18N6O2/c1-6(7-14-12-5-16(7)4)13-9(17)10(2,3)8(11)15-18/h5-6,18H,1-4H3,(H2,11,15)(H,13,17). The summed E-state index contributed by atoms with van der Waals surface area (Å²) in [6.07, 6.45) is 1.55. The summed E-state index contributed by atoms with van der Waals surface area (Å²) < 4.78 is 1.71. The van der Waals surface area contributed by atoms with Crippen molar-refractivity contribution in [3.05, 3.63) is 12.2 Å².